The first-order chi connectivity index (χ1) is 11.2. The first-order valence-corrected chi connectivity index (χ1v) is 7.68. The zero-order chi connectivity index (χ0) is 16.7. The van der Waals surface area contributed by atoms with Crippen LogP contribution in [0.5, 0.6) is 0 Å². The minimum absolute atomic E-state index is 0.123. The number of rotatable bonds is 5. The third-order valence-electron chi connectivity index (χ3n) is 4.00. The van der Waals surface area contributed by atoms with E-state index in [1.54, 1.807) is 0 Å². The second-order valence-electron chi connectivity index (χ2n) is 5.47. The fourth-order valence-electron chi connectivity index (χ4n) is 2.86. The van der Waals surface area contributed by atoms with Gasteiger partial charge in [-0.05, 0) is 24.8 Å². The van der Waals surface area contributed by atoms with Crippen LogP contribution in [0.15, 0.2) is 30.3 Å². The summed E-state index contributed by atoms with van der Waals surface area (Å²) in [5.74, 6) is -0.475. The van der Waals surface area contributed by atoms with Gasteiger partial charge >= 0.3 is 12.1 Å². The highest BCUT2D eigenvalue weighted by Crippen LogP contribution is 2.26. The first-order valence-electron chi connectivity index (χ1n) is 7.68. The highest BCUT2D eigenvalue weighted by Gasteiger charge is 2.39. The Balaban J connectivity index is 2.09. The average molecular weight is 319 g/mol. The van der Waals surface area contributed by atoms with Crippen LogP contribution in [0, 0.1) is 0 Å². The largest absolute Gasteiger partial charge is 0.467 e. The molecule has 0 bridgehead atoms. The Kier molecular flexibility index (Phi) is 6.14. The molecule has 0 saturated carbocycles. The third kappa shape index (κ3) is 4.31. The number of carbonyl (C=O) groups excluding carboxylic acids is 3. The number of esters is 1. The minimum Gasteiger partial charge on any atom is -0.467 e. The van der Waals surface area contributed by atoms with Crippen molar-refractivity contribution in [2.45, 2.75) is 44.4 Å². The molecule has 0 spiro atoms. The number of likely N-dealkylation sites (tertiary alicyclic amines) is 1. The van der Waals surface area contributed by atoms with Gasteiger partial charge in [-0.15, -0.1) is 0 Å². The van der Waals surface area contributed by atoms with Gasteiger partial charge in [0, 0.05) is 12.5 Å². The average Bonchev–Trinajstić information content (AvgIpc) is 2.60. The van der Waals surface area contributed by atoms with E-state index < -0.39 is 18.1 Å². The fourth-order valence-corrected chi connectivity index (χ4v) is 2.86. The van der Waals surface area contributed by atoms with Crippen molar-refractivity contribution < 1.29 is 23.9 Å². The second kappa shape index (κ2) is 8.31. The molecule has 1 aromatic carbocycles. The molecule has 0 aliphatic carbocycles. The number of methoxy groups -OCH3 is 1. The SMILES string of the molecule is COC(=O)C1CCCC(CC=O)N1C(=O)OCc1ccccc1. The molecule has 23 heavy (non-hydrogen) atoms. The summed E-state index contributed by atoms with van der Waals surface area (Å²) in [7, 11) is 1.29. The summed E-state index contributed by atoms with van der Waals surface area (Å²) in [4.78, 5) is 36.7. The van der Waals surface area contributed by atoms with Crippen LogP contribution in [0.2, 0.25) is 0 Å². The Morgan fingerprint density at radius 1 is 1.26 bits per heavy atom. The highest BCUT2D eigenvalue weighted by atomic mass is 16.6. The quantitative estimate of drug-likeness (QED) is 0.615. The molecule has 1 heterocycles. The summed E-state index contributed by atoms with van der Waals surface area (Å²) in [6.07, 6.45) is 2.32. The van der Waals surface area contributed by atoms with Crippen LogP contribution in [-0.2, 0) is 25.7 Å². The zero-order valence-corrected chi connectivity index (χ0v) is 13.1. The zero-order valence-electron chi connectivity index (χ0n) is 13.1. The lowest BCUT2D eigenvalue weighted by Crippen LogP contribution is -2.54. The number of nitrogens with zero attached hydrogens (tertiary/aromatic N) is 1. The molecule has 1 aliphatic heterocycles. The Morgan fingerprint density at radius 2 is 2.00 bits per heavy atom. The molecule has 0 N–H and O–H groups in total. The maximum atomic E-state index is 12.5. The molecular formula is C17H21NO5. The second-order valence-corrected chi connectivity index (χ2v) is 5.47. The number of carbonyl (C=O) groups is 3. The molecule has 6 nitrogen and oxygen atoms in total. The molecule has 1 aromatic rings. The van der Waals surface area contributed by atoms with Crippen molar-refractivity contribution >= 4 is 18.3 Å². The van der Waals surface area contributed by atoms with Gasteiger partial charge in [0.2, 0.25) is 0 Å². The smallest absolute Gasteiger partial charge is 0.411 e. The molecule has 1 fully saturated rings. The Morgan fingerprint density at radius 3 is 2.65 bits per heavy atom. The molecule has 0 aromatic heterocycles. The van der Waals surface area contributed by atoms with Crippen LogP contribution in [0.4, 0.5) is 4.79 Å². The fraction of sp³-hybridized carbons (Fsp3) is 0.471. The lowest BCUT2D eigenvalue weighted by atomic mass is 9.94. The number of ether oxygens (including phenoxy) is 2. The van der Waals surface area contributed by atoms with E-state index in [2.05, 4.69) is 0 Å². The lowest BCUT2D eigenvalue weighted by molar-refractivity contribution is -0.149. The van der Waals surface area contributed by atoms with E-state index in [0.717, 1.165) is 18.3 Å². The van der Waals surface area contributed by atoms with Crippen LogP contribution in [0.25, 0.3) is 0 Å². The molecule has 1 aliphatic rings. The topological polar surface area (TPSA) is 72.9 Å². The number of amides is 1. The maximum absolute atomic E-state index is 12.5. The van der Waals surface area contributed by atoms with Crippen molar-refractivity contribution in [2.75, 3.05) is 7.11 Å². The molecule has 0 radical (unpaired) electrons. The summed E-state index contributed by atoms with van der Waals surface area (Å²) >= 11 is 0. The van der Waals surface area contributed by atoms with Crippen molar-refractivity contribution in [3.63, 3.8) is 0 Å². The van der Waals surface area contributed by atoms with Crippen LogP contribution in [0.1, 0.15) is 31.2 Å². The molecule has 2 rings (SSSR count). The van der Waals surface area contributed by atoms with Crippen LogP contribution in [-0.4, -0.2) is 42.4 Å². The summed E-state index contributed by atoms with van der Waals surface area (Å²) in [5, 5.41) is 0. The van der Waals surface area contributed by atoms with Gasteiger partial charge in [0.05, 0.1) is 7.11 Å². The predicted molar refractivity (Wildman–Crippen MR) is 82.6 cm³/mol. The summed E-state index contributed by atoms with van der Waals surface area (Å²) in [6, 6.07) is 8.28. The van der Waals surface area contributed by atoms with E-state index in [1.807, 2.05) is 30.3 Å². The van der Waals surface area contributed by atoms with Crippen molar-refractivity contribution in [1.29, 1.82) is 0 Å². The number of hydrogen-bond donors (Lipinski definition) is 0. The number of hydrogen-bond acceptors (Lipinski definition) is 5. The van der Waals surface area contributed by atoms with Gasteiger partial charge in [-0.1, -0.05) is 30.3 Å². The minimum atomic E-state index is -0.693. The van der Waals surface area contributed by atoms with Gasteiger partial charge in [-0.2, -0.15) is 0 Å². The monoisotopic (exact) mass is 319 g/mol. The Labute approximate surface area is 135 Å². The Bertz CT molecular complexity index is 545. The van der Waals surface area contributed by atoms with E-state index in [1.165, 1.54) is 12.0 Å². The highest BCUT2D eigenvalue weighted by molar-refractivity contribution is 5.82. The van der Waals surface area contributed by atoms with Gasteiger partial charge in [0.15, 0.2) is 0 Å². The van der Waals surface area contributed by atoms with E-state index in [9.17, 15) is 14.4 Å². The molecule has 6 heteroatoms. The van der Waals surface area contributed by atoms with E-state index in [0.29, 0.717) is 12.8 Å². The van der Waals surface area contributed by atoms with Gasteiger partial charge < -0.3 is 14.3 Å². The lowest BCUT2D eigenvalue weighted by Gasteiger charge is -2.39. The van der Waals surface area contributed by atoms with Crippen molar-refractivity contribution in [3.05, 3.63) is 35.9 Å². The third-order valence-corrected chi connectivity index (χ3v) is 4.00. The Hall–Kier alpha value is -2.37. The molecule has 2 unspecified atom stereocenters. The predicted octanol–water partition coefficient (Wildman–Crippen LogP) is 2.31. The van der Waals surface area contributed by atoms with Crippen molar-refractivity contribution in [3.8, 4) is 0 Å². The molecule has 124 valence electrons. The van der Waals surface area contributed by atoms with Crippen LogP contribution in [0.3, 0.4) is 0 Å². The molecule has 2 atom stereocenters. The number of benzene rings is 1. The van der Waals surface area contributed by atoms with Crippen molar-refractivity contribution in [2.24, 2.45) is 0 Å². The number of aldehydes is 1. The van der Waals surface area contributed by atoms with Gasteiger partial charge in [0.1, 0.15) is 18.9 Å². The summed E-state index contributed by atoms with van der Waals surface area (Å²) < 4.78 is 10.1. The maximum Gasteiger partial charge on any atom is 0.411 e. The molecule has 1 amide bonds. The molecular weight excluding hydrogens is 298 g/mol. The van der Waals surface area contributed by atoms with Crippen molar-refractivity contribution in [1.82, 2.24) is 4.90 Å². The van der Waals surface area contributed by atoms with E-state index >= 15 is 0 Å². The van der Waals surface area contributed by atoms with E-state index in [-0.39, 0.29) is 19.1 Å². The first kappa shape index (κ1) is 17.0. The molecule has 1 saturated heterocycles. The van der Waals surface area contributed by atoms with Crippen LogP contribution >= 0.6 is 0 Å². The summed E-state index contributed by atoms with van der Waals surface area (Å²) in [5.41, 5.74) is 0.861. The number of piperidine rings is 1. The normalized spacial score (nSPS) is 20.7. The van der Waals surface area contributed by atoms with Gasteiger partial charge in [-0.3, -0.25) is 4.90 Å². The summed E-state index contributed by atoms with van der Waals surface area (Å²) in [6.45, 7) is 0.123. The van der Waals surface area contributed by atoms with Gasteiger partial charge in [-0.25, -0.2) is 9.59 Å². The van der Waals surface area contributed by atoms with E-state index in [4.69, 9.17) is 9.47 Å². The standard InChI is InChI=1S/C17H21NO5/c1-22-16(20)15-9-5-8-14(10-11-19)18(15)17(21)23-12-13-6-3-2-4-7-13/h2-4,6-7,11,14-15H,5,8-10,12H2,1H3. The van der Waals surface area contributed by atoms with Gasteiger partial charge in [0.25, 0.3) is 0 Å². The van der Waals surface area contributed by atoms with Crippen LogP contribution < -0.4 is 0 Å².